The highest BCUT2D eigenvalue weighted by atomic mass is 79.9. The van der Waals surface area contributed by atoms with E-state index in [9.17, 15) is 4.79 Å². The van der Waals surface area contributed by atoms with E-state index in [0.717, 1.165) is 14.9 Å². The minimum Gasteiger partial charge on any atom is -0.339 e. The van der Waals surface area contributed by atoms with Crippen molar-refractivity contribution in [1.82, 2.24) is 4.90 Å². The Hall–Kier alpha value is -1.17. The first-order valence-corrected chi connectivity index (χ1v) is 7.91. The first-order valence-electron chi connectivity index (χ1n) is 6.24. The summed E-state index contributed by atoms with van der Waals surface area (Å²) in [4.78, 5) is 15.4. The number of carbonyl (C=O) groups is 1. The van der Waals surface area contributed by atoms with Gasteiger partial charge >= 0.3 is 0 Å². The lowest BCUT2D eigenvalue weighted by Crippen LogP contribution is -2.49. The van der Waals surface area contributed by atoms with Gasteiger partial charge in [0.15, 0.2) is 0 Å². The molecule has 2 aromatic rings. The van der Waals surface area contributed by atoms with E-state index in [1.165, 1.54) is 0 Å². The number of benzene rings is 1. The second kappa shape index (κ2) is 6.08. The summed E-state index contributed by atoms with van der Waals surface area (Å²) in [5.74, 6) is -0.0896. The molecule has 0 aliphatic carbocycles. The third-order valence-electron chi connectivity index (χ3n) is 3.18. The molecule has 0 aliphatic heterocycles. The summed E-state index contributed by atoms with van der Waals surface area (Å²) in [5, 5.41) is 2.01. The maximum absolute atomic E-state index is 12.6. The molecule has 0 bridgehead atoms. The number of thiophene rings is 1. The molecular weight excluding hydrogens is 336 g/mol. The van der Waals surface area contributed by atoms with Gasteiger partial charge in [0, 0.05) is 21.8 Å². The van der Waals surface area contributed by atoms with Crippen LogP contribution in [0.3, 0.4) is 0 Å². The van der Waals surface area contributed by atoms with E-state index in [2.05, 4.69) is 15.9 Å². The first-order chi connectivity index (χ1) is 9.41. The van der Waals surface area contributed by atoms with Crippen molar-refractivity contribution >= 4 is 33.2 Å². The van der Waals surface area contributed by atoms with Crippen LogP contribution in [0.5, 0.6) is 0 Å². The molecule has 1 aromatic heterocycles. The Kier molecular flexibility index (Phi) is 4.62. The van der Waals surface area contributed by atoms with Gasteiger partial charge in [-0.2, -0.15) is 0 Å². The van der Waals surface area contributed by atoms with Crippen LogP contribution in [0.1, 0.15) is 17.4 Å². The maximum atomic E-state index is 12.6. The van der Waals surface area contributed by atoms with Gasteiger partial charge < -0.3 is 10.6 Å². The van der Waals surface area contributed by atoms with Crippen molar-refractivity contribution in [2.75, 3.05) is 7.05 Å². The molecule has 1 aromatic carbocycles. The van der Waals surface area contributed by atoms with Crippen LogP contribution in [0.15, 0.2) is 46.3 Å². The lowest BCUT2D eigenvalue weighted by Gasteiger charge is -2.29. The fourth-order valence-electron chi connectivity index (χ4n) is 2.05. The van der Waals surface area contributed by atoms with E-state index in [1.54, 1.807) is 30.2 Å². The quantitative estimate of drug-likeness (QED) is 0.916. The van der Waals surface area contributed by atoms with Gasteiger partial charge in [0.2, 0.25) is 5.91 Å². The zero-order valence-corrected chi connectivity index (χ0v) is 13.9. The largest absolute Gasteiger partial charge is 0.339 e. The Balaban J connectivity index is 2.13. The summed E-state index contributed by atoms with van der Waals surface area (Å²) < 4.78 is 1.04. The minimum atomic E-state index is -1.01. The first kappa shape index (κ1) is 15.2. The summed E-state index contributed by atoms with van der Waals surface area (Å²) in [5.41, 5.74) is 6.06. The lowest BCUT2D eigenvalue weighted by molar-refractivity contribution is -0.135. The van der Waals surface area contributed by atoms with Gasteiger partial charge in [0.05, 0.1) is 6.54 Å². The zero-order chi connectivity index (χ0) is 14.8. The smallest absolute Gasteiger partial charge is 0.247 e. The van der Waals surface area contributed by atoms with Crippen LogP contribution in [-0.4, -0.2) is 17.9 Å². The van der Waals surface area contributed by atoms with Gasteiger partial charge in [-0.1, -0.05) is 30.3 Å². The number of rotatable bonds is 4. The summed E-state index contributed by atoms with van der Waals surface area (Å²) >= 11 is 5.04. The van der Waals surface area contributed by atoms with Gasteiger partial charge in [0.25, 0.3) is 0 Å². The predicted octanol–water partition coefficient (Wildman–Crippen LogP) is 3.34. The van der Waals surface area contributed by atoms with Crippen LogP contribution in [0, 0.1) is 0 Å². The SMILES string of the molecule is CN(Cc1cc(Br)cs1)C(=O)C(C)(N)c1ccccc1. The molecule has 2 rings (SSSR count). The molecule has 1 heterocycles. The van der Waals surface area contributed by atoms with Crippen LogP contribution < -0.4 is 5.73 Å². The average Bonchev–Trinajstić information content (AvgIpc) is 2.84. The van der Waals surface area contributed by atoms with Crippen molar-refractivity contribution in [3.8, 4) is 0 Å². The van der Waals surface area contributed by atoms with Gasteiger partial charge in [0.1, 0.15) is 5.54 Å². The molecule has 106 valence electrons. The van der Waals surface area contributed by atoms with E-state index < -0.39 is 5.54 Å². The number of likely N-dealkylation sites (N-methyl/N-ethyl adjacent to an activating group) is 1. The van der Waals surface area contributed by atoms with Crippen LogP contribution in [0.25, 0.3) is 0 Å². The highest BCUT2D eigenvalue weighted by molar-refractivity contribution is 9.10. The molecular formula is C15H17BrN2OS. The van der Waals surface area contributed by atoms with Gasteiger partial charge in [-0.05, 0) is 34.5 Å². The third kappa shape index (κ3) is 3.29. The van der Waals surface area contributed by atoms with Crippen molar-refractivity contribution in [1.29, 1.82) is 0 Å². The molecule has 1 atom stereocenters. The zero-order valence-electron chi connectivity index (χ0n) is 11.5. The van der Waals surface area contributed by atoms with Gasteiger partial charge in [-0.25, -0.2) is 0 Å². The van der Waals surface area contributed by atoms with E-state index in [4.69, 9.17) is 5.73 Å². The molecule has 0 radical (unpaired) electrons. The summed E-state index contributed by atoms with van der Waals surface area (Å²) in [6, 6.07) is 11.5. The standard InChI is InChI=1S/C15H17BrN2OS/c1-15(17,11-6-4-3-5-7-11)14(19)18(2)9-13-8-12(16)10-20-13/h3-8,10H,9,17H2,1-2H3. The van der Waals surface area contributed by atoms with E-state index in [-0.39, 0.29) is 5.91 Å². The number of nitrogens with zero attached hydrogens (tertiary/aromatic N) is 1. The number of nitrogens with two attached hydrogens (primary N) is 1. The molecule has 3 nitrogen and oxygen atoms in total. The molecule has 20 heavy (non-hydrogen) atoms. The topological polar surface area (TPSA) is 46.3 Å². The number of hydrogen-bond donors (Lipinski definition) is 1. The van der Waals surface area contributed by atoms with Gasteiger partial charge in [-0.3, -0.25) is 4.79 Å². The second-order valence-corrected chi connectivity index (χ2v) is 6.87. The molecule has 2 N–H and O–H groups in total. The van der Waals surface area contributed by atoms with E-state index in [0.29, 0.717) is 6.54 Å². The summed E-state index contributed by atoms with van der Waals surface area (Å²) in [6.07, 6.45) is 0. The van der Waals surface area contributed by atoms with Crippen molar-refractivity contribution < 1.29 is 4.79 Å². The highest BCUT2D eigenvalue weighted by Gasteiger charge is 2.33. The Labute approximate surface area is 131 Å². The lowest BCUT2D eigenvalue weighted by atomic mass is 9.92. The fraction of sp³-hybridized carbons (Fsp3) is 0.267. The Morgan fingerprint density at radius 1 is 1.40 bits per heavy atom. The van der Waals surface area contributed by atoms with E-state index in [1.807, 2.05) is 41.8 Å². The Morgan fingerprint density at radius 2 is 2.05 bits per heavy atom. The van der Waals surface area contributed by atoms with Gasteiger partial charge in [-0.15, -0.1) is 11.3 Å². The molecule has 5 heteroatoms. The molecule has 1 unspecified atom stereocenters. The normalized spacial score (nSPS) is 13.8. The third-order valence-corrected chi connectivity index (χ3v) is 4.86. The van der Waals surface area contributed by atoms with E-state index >= 15 is 0 Å². The number of carbonyl (C=O) groups excluding carboxylic acids is 1. The molecule has 0 spiro atoms. The minimum absolute atomic E-state index is 0.0896. The Morgan fingerprint density at radius 3 is 2.60 bits per heavy atom. The molecule has 0 saturated heterocycles. The Bertz CT molecular complexity index is 595. The van der Waals surface area contributed by atoms with Crippen LogP contribution in [0.2, 0.25) is 0 Å². The second-order valence-electron chi connectivity index (χ2n) is 4.96. The number of hydrogen-bond acceptors (Lipinski definition) is 3. The van der Waals surface area contributed by atoms with Crippen molar-refractivity contribution in [3.05, 3.63) is 56.7 Å². The number of halogens is 1. The van der Waals surface area contributed by atoms with Crippen LogP contribution in [0.4, 0.5) is 0 Å². The predicted molar refractivity (Wildman–Crippen MR) is 86.5 cm³/mol. The highest BCUT2D eigenvalue weighted by Crippen LogP contribution is 2.24. The van der Waals surface area contributed by atoms with Crippen molar-refractivity contribution in [2.45, 2.75) is 19.0 Å². The van der Waals surface area contributed by atoms with Crippen molar-refractivity contribution in [2.24, 2.45) is 5.73 Å². The monoisotopic (exact) mass is 352 g/mol. The molecule has 0 saturated carbocycles. The maximum Gasteiger partial charge on any atom is 0.247 e. The molecule has 0 aliphatic rings. The summed E-state index contributed by atoms with van der Waals surface area (Å²) in [6.45, 7) is 2.32. The molecule has 0 fully saturated rings. The average molecular weight is 353 g/mol. The molecule has 1 amide bonds. The van der Waals surface area contributed by atoms with Crippen molar-refractivity contribution in [3.63, 3.8) is 0 Å². The fourth-order valence-corrected chi connectivity index (χ4v) is 3.55. The van der Waals surface area contributed by atoms with Crippen LogP contribution in [-0.2, 0) is 16.9 Å². The van der Waals surface area contributed by atoms with Crippen LogP contribution >= 0.6 is 27.3 Å². The summed E-state index contributed by atoms with van der Waals surface area (Å²) in [7, 11) is 1.78. The number of amides is 1.